The highest BCUT2D eigenvalue weighted by atomic mass is 32.1. The van der Waals surface area contributed by atoms with Crippen LogP contribution in [0.2, 0.25) is 0 Å². The van der Waals surface area contributed by atoms with E-state index in [4.69, 9.17) is 22.7 Å². The van der Waals surface area contributed by atoms with Crippen molar-refractivity contribution < 1.29 is 14.6 Å². The Morgan fingerprint density at radius 3 is 2.38 bits per heavy atom. The Hall–Kier alpha value is -1.66. The molecule has 0 aliphatic heterocycles. The van der Waals surface area contributed by atoms with Gasteiger partial charge in [0, 0.05) is 0 Å². The average molecular weight is 310 g/mol. The summed E-state index contributed by atoms with van der Waals surface area (Å²) in [5, 5.41) is 9.48. The molecule has 116 valence electrons. The zero-order valence-corrected chi connectivity index (χ0v) is 13.4. The van der Waals surface area contributed by atoms with Gasteiger partial charge in [-0.3, -0.25) is 0 Å². The molecular formula is C15H22N2O3S. The molecule has 21 heavy (non-hydrogen) atoms. The Labute approximate surface area is 130 Å². The third-order valence-electron chi connectivity index (χ3n) is 2.72. The largest absolute Gasteiger partial charge is 0.443 e. The van der Waals surface area contributed by atoms with Gasteiger partial charge < -0.3 is 15.6 Å². The van der Waals surface area contributed by atoms with Crippen LogP contribution in [0.25, 0.3) is 0 Å². The monoisotopic (exact) mass is 310 g/mol. The highest BCUT2D eigenvalue weighted by Gasteiger charge is 2.30. The van der Waals surface area contributed by atoms with Crippen LogP contribution < -0.4 is 5.73 Å². The standard InChI is InChI=1S/C15H22N2O3S/c1-15(2,3)20-14(19)17(13(16)21)12(10-18)9-11-7-5-4-6-8-11/h4-8,12,18H,9-10H2,1-3H3,(H2,16,21)/t12-/m1/s1. The molecular weight excluding hydrogens is 288 g/mol. The van der Waals surface area contributed by atoms with Gasteiger partial charge in [-0.25, -0.2) is 9.69 Å². The second-order valence-corrected chi connectivity index (χ2v) is 6.13. The van der Waals surface area contributed by atoms with Gasteiger partial charge in [-0.15, -0.1) is 0 Å². The first-order chi connectivity index (χ1) is 9.74. The zero-order valence-electron chi connectivity index (χ0n) is 12.6. The maximum atomic E-state index is 12.2. The van der Waals surface area contributed by atoms with Crippen molar-refractivity contribution in [2.45, 2.75) is 38.8 Å². The van der Waals surface area contributed by atoms with E-state index in [2.05, 4.69) is 0 Å². The molecule has 0 aromatic heterocycles. The summed E-state index contributed by atoms with van der Waals surface area (Å²) in [5.74, 6) is 0. The summed E-state index contributed by atoms with van der Waals surface area (Å²) in [7, 11) is 0. The molecule has 0 spiro atoms. The van der Waals surface area contributed by atoms with Gasteiger partial charge in [0.1, 0.15) is 5.60 Å². The lowest BCUT2D eigenvalue weighted by Crippen LogP contribution is -2.51. The molecule has 5 nitrogen and oxygen atoms in total. The molecule has 0 aliphatic rings. The lowest BCUT2D eigenvalue weighted by Gasteiger charge is -2.31. The molecule has 1 aromatic rings. The number of benzene rings is 1. The topological polar surface area (TPSA) is 75.8 Å². The normalized spacial score (nSPS) is 12.6. The van der Waals surface area contributed by atoms with Crippen LogP contribution in [0, 0.1) is 0 Å². The maximum Gasteiger partial charge on any atom is 0.416 e. The van der Waals surface area contributed by atoms with Crippen molar-refractivity contribution in [2.75, 3.05) is 6.61 Å². The maximum absolute atomic E-state index is 12.2. The Balaban J connectivity index is 2.91. The fraction of sp³-hybridized carbons (Fsp3) is 0.467. The van der Waals surface area contributed by atoms with Gasteiger partial charge in [0.2, 0.25) is 0 Å². The van der Waals surface area contributed by atoms with Gasteiger partial charge in [-0.05, 0) is 45.0 Å². The number of hydrogen-bond donors (Lipinski definition) is 2. The van der Waals surface area contributed by atoms with Crippen molar-refractivity contribution in [3.8, 4) is 0 Å². The fourth-order valence-electron chi connectivity index (χ4n) is 1.85. The predicted octanol–water partition coefficient (Wildman–Crippen LogP) is 2.07. The first-order valence-electron chi connectivity index (χ1n) is 6.71. The van der Waals surface area contributed by atoms with Crippen LogP contribution in [-0.2, 0) is 11.2 Å². The van der Waals surface area contributed by atoms with Gasteiger partial charge in [-0.2, -0.15) is 0 Å². The third kappa shape index (κ3) is 5.69. The van der Waals surface area contributed by atoms with E-state index in [-0.39, 0.29) is 11.7 Å². The second-order valence-electron chi connectivity index (χ2n) is 5.71. The Bertz CT molecular complexity index is 485. The molecule has 0 aliphatic carbocycles. The van der Waals surface area contributed by atoms with Crippen molar-refractivity contribution in [3.63, 3.8) is 0 Å². The SMILES string of the molecule is CC(C)(C)OC(=O)N(C(N)=S)[C@@H](CO)Cc1ccccc1. The van der Waals surface area contributed by atoms with Crippen molar-refractivity contribution in [1.82, 2.24) is 4.90 Å². The van der Waals surface area contributed by atoms with E-state index < -0.39 is 17.7 Å². The molecule has 3 N–H and O–H groups in total. The average Bonchev–Trinajstić information content (AvgIpc) is 2.36. The van der Waals surface area contributed by atoms with Crippen LogP contribution in [0.3, 0.4) is 0 Å². The number of aliphatic hydroxyl groups excluding tert-OH is 1. The zero-order chi connectivity index (χ0) is 16.0. The van der Waals surface area contributed by atoms with Crippen molar-refractivity contribution in [3.05, 3.63) is 35.9 Å². The van der Waals surface area contributed by atoms with Gasteiger partial charge in [0.25, 0.3) is 0 Å². The van der Waals surface area contributed by atoms with Crippen molar-refractivity contribution >= 4 is 23.4 Å². The van der Waals surface area contributed by atoms with E-state index in [1.807, 2.05) is 30.3 Å². The third-order valence-corrected chi connectivity index (χ3v) is 2.91. The van der Waals surface area contributed by atoms with Gasteiger partial charge in [0.05, 0.1) is 12.6 Å². The fourth-order valence-corrected chi connectivity index (χ4v) is 2.08. The minimum absolute atomic E-state index is 0.112. The first kappa shape index (κ1) is 17.4. The number of aliphatic hydroxyl groups is 1. The van der Waals surface area contributed by atoms with Crippen LogP contribution in [-0.4, -0.2) is 39.5 Å². The molecule has 1 amide bonds. The van der Waals surface area contributed by atoms with Crippen LogP contribution in [0.4, 0.5) is 4.79 Å². The first-order valence-corrected chi connectivity index (χ1v) is 7.12. The summed E-state index contributed by atoms with van der Waals surface area (Å²) in [6.45, 7) is 5.01. The number of carbonyl (C=O) groups is 1. The van der Waals surface area contributed by atoms with E-state index >= 15 is 0 Å². The number of carbonyl (C=O) groups excluding carboxylic acids is 1. The van der Waals surface area contributed by atoms with Crippen LogP contribution in [0.5, 0.6) is 0 Å². The van der Waals surface area contributed by atoms with Gasteiger partial charge in [0.15, 0.2) is 5.11 Å². The molecule has 1 aromatic carbocycles. The lowest BCUT2D eigenvalue weighted by atomic mass is 10.1. The number of nitrogens with two attached hydrogens (primary N) is 1. The van der Waals surface area contributed by atoms with Crippen molar-refractivity contribution in [2.24, 2.45) is 5.73 Å². The number of thiocarbonyl (C=S) groups is 1. The molecule has 1 atom stereocenters. The van der Waals surface area contributed by atoms with Gasteiger partial charge in [-0.1, -0.05) is 30.3 Å². The second kappa shape index (κ2) is 7.38. The van der Waals surface area contributed by atoms with Crippen molar-refractivity contribution in [1.29, 1.82) is 0 Å². The number of hydrogen-bond acceptors (Lipinski definition) is 4. The highest BCUT2D eigenvalue weighted by molar-refractivity contribution is 7.80. The molecule has 6 heteroatoms. The Morgan fingerprint density at radius 2 is 1.95 bits per heavy atom. The lowest BCUT2D eigenvalue weighted by molar-refractivity contribution is 0.0267. The van der Waals surface area contributed by atoms with E-state index in [9.17, 15) is 9.90 Å². The number of ether oxygens (including phenoxy) is 1. The van der Waals surface area contributed by atoms with E-state index in [1.54, 1.807) is 20.8 Å². The van der Waals surface area contributed by atoms with Crippen LogP contribution >= 0.6 is 12.2 Å². The number of nitrogens with zero attached hydrogens (tertiary/aromatic N) is 1. The summed E-state index contributed by atoms with van der Waals surface area (Å²) in [6, 6.07) is 8.95. The Morgan fingerprint density at radius 1 is 1.38 bits per heavy atom. The summed E-state index contributed by atoms with van der Waals surface area (Å²) >= 11 is 4.93. The van der Waals surface area contributed by atoms with Crippen LogP contribution in [0.1, 0.15) is 26.3 Å². The Kier molecular flexibility index (Phi) is 6.11. The molecule has 0 unspecified atom stereocenters. The molecule has 0 saturated carbocycles. The van der Waals surface area contributed by atoms with E-state index in [1.165, 1.54) is 0 Å². The molecule has 0 heterocycles. The number of rotatable bonds is 4. The summed E-state index contributed by atoms with van der Waals surface area (Å²) in [6.07, 6.45) is -0.210. The highest BCUT2D eigenvalue weighted by Crippen LogP contribution is 2.15. The molecule has 1 rings (SSSR count). The van der Waals surface area contributed by atoms with Gasteiger partial charge >= 0.3 is 6.09 Å². The predicted molar refractivity (Wildman–Crippen MR) is 85.9 cm³/mol. The van der Waals surface area contributed by atoms with Crippen LogP contribution in [0.15, 0.2) is 30.3 Å². The molecule has 0 bridgehead atoms. The smallest absolute Gasteiger partial charge is 0.416 e. The summed E-state index contributed by atoms with van der Waals surface area (Å²) < 4.78 is 5.29. The molecule has 0 radical (unpaired) electrons. The quantitative estimate of drug-likeness (QED) is 0.833. The van der Waals surface area contributed by atoms with E-state index in [0.29, 0.717) is 6.42 Å². The summed E-state index contributed by atoms with van der Waals surface area (Å²) in [4.78, 5) is 13.3. The summed E-state index contributed by atoms with van der Waals surface area (Å²) in [5.41, 5.74) is 5.95. The van der Waals surface area contributed by atoms with E-state index in [0.717, 1.165) is 10.5 Å². The molecule has 0 fully saturated rings. The number of amides is 1. The minimum Gasteiger partial charge on any atom is -0.443 e. The molecule has 0 saturated heterocycles. The minimum atomic E-state index is -0.660.